The molecule has 2 rings (SSSR count). The summed E-state index contributed by atoms with van der Waals surface area (Å²) >= 11 is 12.0. The van der Waals surface area contributed by atoms with Crippen LogP contribution in [0.5, 0.6) is 0 Å². The lowest BCUT2D eigenvalue weighted by atomic mass is 10.2. The van der Waals surface area contributed by atoms with Gasteiger partial charge in [0.05, 0.1) is 15.6 Å². The number of rotatable bonds is 4. The lowest BCUT2D eigenvalue weighted by molar-refractivity contribution is 0.601. The topological polar surface area (TPSA) is 58.2 Å². The number of hydrogen-bond acceptors (Lipinski definition) is 3. The Morgan fingerprint density at radius 3 is 2.19 bits per heavy atom. The quantitative estimate of drug-likeness (QED) is 0.875. The molecule has 7 heteroatoms. The fourth-order valence-electron chi connectivity index (χ4n) is 1.73. The van der Waals surface area contributed by atoms with E-state index in [1.807, 2.05) is 0 Å². The third kappa shape index (κ3) is 3.61. The number of halogens is 2. The lowest BCUT2D eigenvalue weighted by Gasteiger charge is -2.11. The van der Waals surface area contributed by atoms with Gasteiger partial charge in [-0.15, -0.1) is 0 Å². The van der Waals surface area contributed by atoms with Gasteiger partial charge in [-0.1, -0.05) is 23.2 Å². The number of anilines is 2. The molecule has 0 aliphatic rings. The second-order valence-electron chi connectivity index (χ2n) is 4.46. The van der Waals surface area contributed by atoms with Crippen LogP contribution in [0.15, 0.2) is 41.3 Å². The zero-order chi connectivity index (χ0) is 15.6. The Morgan fingerprint density at radius 2 is 1.62 bits per heavy atom. The summed E-state index contributed by atoms with van der Waals surface area (Å²) in [7, 11) is -1.95. The molecule has 0 fully saturated rings. The van der Waals surface area contributed by atoms with Gasteiger partial charge in [0.15, 0.2) is 0 Å². The summed E-state index contributed by atoms with van der Waals surface area (Å²) in [6, 6.07) is 9.50. The average Bonchev–Trinajstić information content (AvgIpc) is 2.44. The molecule has 4 nitrogen and oxygen atoms in total. The van der Waals surface area contributed by atoms with Crippen molar-refractivity contribution in [3.8, 4) is 0 Å². The minimum Gasteiger partial charge on any atom is -0.388 e. The van der Waals surface area contributed by atoms with E-state index in [9.17, 15) is 8.42 Å². The maximum absolute atomic E-state index is 12.3. The highest BCUT2D eigenvalue weighted by Crippen LogP contribution is 2.30. The monoisotopic (exact) mass is 344 g/mol. The lowest BCUT2D eigenvalue weighted by Crippen LogP contribution is -2.13. The maximum Gasteiger partial charge on any atom is 0.261 e. The first-order chi connectivity index (χ1) is 9.83. The minimum absolute atomic E-state index is 0.147. The van der Waals surface area contributed by atoms with Gasteiger partial charge < -0.3 is 5.32 Å². The van der Waals surface area contributed by atoms with Crippen molar-refractivity contribution in [3.63, 3.8) is 0 Å². The first kappa shape index (κ1) is 15.9. The van der Waals surface area contributed by atoms with E-state index < -0.39 is 10.0 Å². The van der Waals surface area contributed by atoms with Gasteiger partial charge in [-0.05, 0) is 48.9 Å². The van der Waals surface area contributed by atoms with Crippen molar-refractivity contribution in [1.82, 2.24) is 0 Å². The van der Waals surface area contributed by atoms with Crippen molar-refractivity contribution in [2.45, 2.75) is 11.8 Å². The highest BCUT2D eigenvalue weighted by atomic mass is 35.5. The van der Waals surface area contributed by atoms with Crippen LogP contribution in [-0.2, 0) is 10.0 Å². The van der Waals surface area contributed by atoms with E-state index in [2.05, 4.69) is 10.0 Å². The van der Waals surface area contributed by atoms with E-state index >= 15 is 0 Å². The SMILES string of the molecule is CNc1ccc(S(=O)(=O)Nc2cc(Cl)c(C)cc2Cl)cc1. The van der Waals surface area contributed by atoms with Crippen LogP contribution in [0.2, 0.25) is 10.0 Å². The smallest absolute Gasteiger partial charge is 0.261 e. The largest absolute Gasteiger partial charge is 0.388 e. The molecule has 0 aromatic heterocycles. The standard InChI is InChI=1S/C14H14Cl2N2O2S/c1-9-7-13(16)14(8-12(9)15)18-21(19,20)11-5-3-10(17-2)4-6-11/h3-8,17-18H,1-2H3. The highest BCUT2D eigenvalue weighted by molar-refractivity contribution is 7.92. The van der Waals surface area contributed by atoms with Crippen molar-refractivity contribution < 1.29 is 8.42 Å². The van der Waals surface area contributed by atoms with E-state index in [0.717, 1.165) is 11.3 Å². The molecule has 0 atom stereocenters. The molecule has 0 aliphatic carbocycles. The molecule has 0 saturated carbocycles. The van der Waals surface area contributed by atoms with Crippen LogP contribution in [0.1, 0.15) is 5.56 Å². The number of aryl methyl sites for hydroxylation is 1. The van der Waals surface area contributed by atoms with E-state index in [-0.39, 0.29) is 10.6 Å². The van der Waals surface area contributed by atoms with Crippen LogP contribution >= 0.6 is 23.2 Å². The minimum atomic E-state index is -3.71. The second kappa shape index (κ2) is 6.13. The first-order valence-electron chi connectivity index (χ1n) is 6.10. The fraction of sp³-hybridized carbons (Fsp3) is 0.143. The van der Waals surface area contributed by atoms with Crippen molar-refractivity contribution in [3.05, 3.63) is 52.0 Å². The fourth-order valence-corrected chi connectivity index (χ4v) is 3.28. The molecular weight excluding hydrogens is 331 g/mol. The summed E-state index contributed by atoms with van der Waals surface area (Å²) in [6.07, 6.45) is 0. The van der Waals surface area contributed by atoms with Crippen LogP contribution in [0.3, 0.4) is 0 Å². The molecule has 0 heterocycles. The predicted molar refractivity (Wildman–Crippen MR) is 88.0 cm³/mol. The van der Waals surface area contributed by atoms with Crippen LogP contribution < -0.4 is 10.0 Å². The Bertz CT molecular complexity index is 759. The molecule has 0 amide bonds. The zero-order valence-electron chi connectivity index (χ0n) is 11.4. The number of nitrogens with one attached hydrogen (secondary N) is 2. The van der Waals surface area contributed by atoms with Gasteiger partial charge in [0.2, 0.25) is 0 Å². The molecule has 2 aromatic carbocycles. The number of sulfonamides is 1. The van der Waals surface area contributed by atoms with Crippen molar-refractivity contribution in [1.29, 1.82) is 0 Å². The summed E-state index contributed by atoms with van der Waals surface area (Å²) in [6.45, 7) is 1.79. The van der Waals surface area contributed by atoms with E-state index in [4.69, 9.17) is 23.2 Å². The maximum atomic E-state index is 12.3. The molecule has 0 aliphatic heterocycles. The Kier molecular flexibility index (Phi) is 4.66. The molecule has 2 N–H and O–H groups in total. The Morgan fingerprint density at radius 1 is 1.00 bits per heavy atom. The summed E-state index contributed by atoms with van der Waals surface area (Å²) in [4.78, 5) is 0.147. The molecule has 112 valence electrons. The predicted octanol–water partition coefficient (Wildman–Crippen LogP) is 4.14. The van der Waals surface area contributed by atoms with E-state index in [0.29, 0.717) is 10.0 Å². The highest BCUT2D eigenvalue weighted by Gasteiger charge is 2.16. The van der Waals surface area contributed by atoms with Crippen molar-refractivity contribution in [2.24, 2.45) is 0 Å². The van der Waals surface area contributed by atoms with E-state index in [1.165, 1.54) is 18.2 Å². The zero-order valence-corrected chi connectivity index (χ0v) is 13.8. The summed E-state index contributed by atoms with van der Waals surface area (Å²) < 4.78 is 27.1. The first-order valence-corrected chi connectivity index (χ1v) is 8.33. The molecular formula is C14H14Cl2N2O2S. The van der Waals surface area contributed by atoms with Gasteiger partial charge in [-0.3, -0.25) is 4.72 Å². The molecule has 0 bridgehead atoms. The normalized spacial score (nSPS) is 11.2. The van der Waals surface area contributed by atoms with E-state index in [1.54, 1.807) is 32.2 Å². The molecule has 0 radical (unpaired) electrons. The third-order valence-corrected chi connectivity index (χ3v) is 5.05. The summed E-state index contributed by atoms with van der Waals surface area (Å²) in [5, 5.41) is 3.67. The van der Waals surface area contributed by atoms with Gasteiger partial charge in [0.1, 0.15) is 0 Å². The Hall–Kier alpha value is -1.43. The van der Waals surface area contributed by atoms with Gasteiger partial charge in [0.25, 0.3) is 10.0 Å². The van der Waals surface area contributed by atoms with Crippen LogP contribution in [-0.4, -0.2) is 15.5 Å². The molecule has 2 aromatic rings. The van der Waals surface area contributed by atoms with Gasteiger partial charge in [0, 0.05) is 17.8 Å². The summed E-state index contributed by atoms with van der Waals surface area (Å²) in [5.74, 6) is 0. The molecule has 0 saturated heterocycles. The van der Waals surface area contributed by atoms with Crippen molar-refractivity contribution in [2.75, 3.05) is 17.1 Å². The van der Waals surface area contributed by atoms with Crippen LogP contribution in [0.4, 0.5) is 11.4 Å². The number of hydrogen-bond donors (Lipinski definition) is 2. The Balaban J connectivity index is 2.34. The molecule has 0 spiro atoms. The van der Waals surface area contributed by atoms with Gasteiger partial charge in [-0.2, -0.15) is 0 Å². The number of benzene rings is 2. The summed E-state index contributed by atoms with van der Waals surface area (Å²) in [5.41, 5.74) is 1.86. The second-order valence-corrected chi connectivity index (χ2v) is 6.96. The molecule has 21 heavy (non-hydrogen) atoms. The van der Waals surface area contributed by atoms with Crippen molar-refractivity contribution >= 4 is 44.6 Å². The van der Waals surface area contributed by atoms with Crippen LogP contribution in [0, 0.1) is 6.92 Å². The van der Waals surface area contributed by atoms with Crippen LogP contribution in [0.25, 0.3) is 0 Å². The third-order valence-electron chi connectivity index (χ3n) is 2.95. The average molecular weight is 345 g/mol. The Labute approximate surface area is 134 Å². The molecule has 0 unspecified atom stereocenters. The van der Waals surface area contributed by atoms with Gasteiger partial charge >= 0.3 is 0 Å². The van der Waals surface area contributed by atoms with Gasteiger partial charge in [-0.25, -0.2) is 8.42 Å².